The predicted molar refractivity (Wildman–Crippen MR) is 69.2 cm³/mol. The highest BCUT2D eigenvalue weighted by Gasteiger charge is 2.17. The minimum atomic E-state index is -0.404. The quantitative estimate of drug-likeness (QED) is 0.809. The summed E-state index contributed by atoms with van der Waals surface area (Å²) in [6.07, 6.45) is 0.828. The summed E-state index contributed by atoms with van der Waals surface area (Å²) in [5.74, 6) is -0.404. The second kappa shape index (κ2) is 6.19. The van der Waals surface area contributed by atoms with E-state index in [0.717, 1.165) is 6.42 Å². The highest BCUT2D eigenvalue weighted by molar-refractivity contribution is 5.92. The largest absolute Gasteiger partial charge is 0.465 e. The molecule has 0 bridgehead atoms. The van der Waals surface area contributed by atoms with Gasteiger partial charge in [-0.15, -0.1) is 0 Å². The number of amides is 2. The third-order valence-electron chi connectivity index (χ3n) is 2.83. The minimum Gasteiger partial charge on any atom is -0.465 e. The maximum absolute atomic E-state index is 11.7. The molecular weight excluding hydrogens is 248 g/mol. The van der Waals surface area contributed by atoms with Gasteiger partial charge in [-0.2, -0.15) is 0 Å². The number of urea groups is 1. The summed E-state index contributed by atoms with van der Waals surface area (Å²) in [5, 5.41) is 5.50. The van der Waals surface area contributed by atoms with Crippen molar-refractivity contribution in [2.24, 2.45) is 0 Å². The van der Waals surface area contributed by atoms with Crippen LogP contribution < -0.4 is 10.6 Å². The second-order valence-electron chi connectivity index (χ2n) is 4.23. The monoisotopic (exact) mass is 264 g/mol. The second-order valence-corrected chi connectivity index (χ2v) is 4.23. The number of nitrogens with one attached hydrogen (secondary N) is 2. The molecule has 0 radical (unpaired) electrons. The van der Waals surface area contributed by atoms with Crippen molar-refractivity contribution in [3.8, 4) is 0 Å². The average molecular weight is 264 g/mol. The van der Waals surface area contributed by atoms with Crippen LogP contribution in [0, 0.1) is 0 Å². The summed E-state index contributed by atoms with van der Waals surface area (Å²) in [6.45, 7) is 1.23. The number of carbonyl (C=O) groups is 2. The van der Waals surface area contributed by atoms with Crippen LogP contribution in [0.25, 0.3) is 0 Å². The van der Waals surface area contributed by atoms with Crippen LogP contribution in [0.2, 0.25) is 0 Å². The van der Waals surface area contributed by atoms with Crippen LogP contribution in [0.15, 0.2) is 24.3 Å². The first-order valence-corrected chi connectivity index (χ1v) is 6.02. The van der Waals surface area contributed by atoms with Crippen LogP contribution in [-0.2, 0) is 9.47 Å². The molecule has 6 nitrogen and oxygen atoms in total. The van der Waals surface area contributed by atoms with E-state index in [2.05, 4.69) is 15.4 Å². The molecule has 0 aliphatic carbocycles. The number of methoxy groups -OCH3 is 1. The molecule has 2 rings (SSSR count). The number of esters is 1. The van der Waals surface area contributed by atoms with Gasteiger partial charge >= 0.3 is 12.0 Å². The molecular formula is C13H16N2O4. The number of hydrogen-bond donors (Lipinski definition) is 2. The van der Waals surface area contributed by atoms with Crippen molar-refractivity contribution in [3.63, 3.8) is 0 Å². The number of carbonyl (C=O) groups excluding carboxylic acids is 2. The highest BCUT2D eigenvalue weighted by atomic mass is 16.5. The fourth-order valence-electron chi connectivity index (χ4n) is 1.81. The van der Waals surface area contributed by atoms with Crippen molar-refractivity contribution < 1.29 is 19.1 Å². The molecule has 0 saturated carbocycles. The van der Waals surface area contributed by atoms with E-state index in [0.29, 0.717) is 24.5 Å². The molecule has 1 heterocycles. The third kappa shape index (κ3) is 3.69. The third-order valence-corrected chi connectivity index (χ3v) is 2.83. The Morgan fingerprint density at radius 1 is 1.32 bits per heavy atom. The van der Waals surface area contributed by atoms with Gasteiger partial charge in [0.2, 0.25) is 0 Å². The maximum Gasteiger partial charge on any atom is 0.337 e. The zero-order chi connectivity index (χ0) is 13.7. The molecule has 1 aliphatic heterocycles. The Morgan fingerprint density at radius 3 is 2.63 bits per heavy atom. The zero-order valence-corrected chi connectivity index (χ0v) is 10.6. The van der Waals surface area contributed by atoms with E-state index in [4.69, 9.17) is 4.74 Å². The Kier molecular flexibility index (Phi) is 4.35. The van der Waals surface area contributed by atoms with E-state index >= 15 is 0 Å². The molecule has 1 unspecified atom stereocenters. The molecule has 1 saturated heterocycles. The lowest BCUT2D eigenvalue weighted by Gasteiger charge is -2.12. The van der Waals surface area contributed by atoms with Crippen LogP contribution >= 0.6 is 0 Å². The topological polar surface area (TPSA) is 76.7 Å². The molecule has 0 spiro atoms. The standard InChI is InChI=1S/C13H16N2O4/c1-18-12(16)9-2-4-10(5-3-9)14-13(17)15-11-6-7-19-8-11/h2-5,11H,6-8H2,1H3,(H2,14,15,17). The van der Waals surface area contributed by atoms with Gasteiger partial charge in [0.05, 0.1) is 25.3 Å². The molecule has 102 valence electrons. The van der Waals surface area contributed by atoms with E-state index < -0.39 is 5.97 Å². The number of benzene rings is 1. The SMILES string of the molecule is COC(=O)c1ccc(NC(=O)NC2CCOC2)cc1. The fraction of sp³-hybridized carbons (Fsp3) is 0.385. The first-order chi connectivity index (χ1) is 9.19. The van der Waals surface area contributed by atoms with E-state index in [9.17, 15) is 9.59 Å². The molecule has 1 atom stereocenters. The highest BCUT2D eigenvalue weighted by Crippen LogP contribution is 2.11. The smallest absolute Gasteiger partial charge is 0.337 e. The summed E-state index contributed by atoms with van der Waals surface area (Å²) in [7, 11) is 1.33. The van der Waals surface area contributed by atoms with Crippen LogP contribution in [0.3, 0.4) is 0 Å². The summed E-state index contributed by atoms with van der Waals surface area (Å²) < 4.78 is 9.76. The van der Waals surface area contributed by atoms with Gasteiger partial charge in [0.25, 0.3) is 0 Å². The van der Waals surface area contributed by atoms with Gasteiger partial charge in [0.1, 0.15) is 0 Å². The van der Waals surface area contributed by atoms with Crippen LogP contribution in [-0.4, -0.2) is 38.4 Å². The van der Waals surface area contributed by atoms with Gasteiger partial charge in [0, 0.05) is 12.3 Å². The van der Waals surface area contributed by atoms with E-state index in [1.54, 1.807) is 24.3 Å². The van der Waals surface area contributed by atoms with E-state index in [-0.39, 0.29) is 12.1 Å². The first kappa shape index (κ1) is 13.4. The molecule has 0 aromatic heterocycles. The van der Waals surface area contributed by atoms with Gasteiger partial charge in [-0.05, 0) is 30.7 Å². The van der Waals surface area contributed by atoms with Crippen LogP contribution in [0.4, 0.5) is 10.5 Å². The molecule has 1 aliphatic rings. The predicted octanol–water partition coefficient (Wildman–Crippen LogP) is 1.38. The van der Waals surface area contributed by atoms with Crippen molar-refractivity contribution >= 4 is 17.7 Å². The number of rotatable bonds is 3. The Balaban J connectivity index is 1.88. The van der Waals surface area contributed by atoms with Crippen molar-refractivity contribution in [1.82, 2.24) is 5.32 Å². The van der Waals surface area contributed by atoms with Crippen molar-refractivity contribution in [2.75, 3.05) is 25.6 Å². The molecule has 6 heteroatoms. The Labute approximate surface area is 111 Å². The van der Waals surface area contributed by atoms with Crippen molar-refractivity contribution in [3.05, 3.63) is 29.8 Å². The van der Waals surface area contributed by atoms with E-state index in [1.165, 1.54) is 7.11 Å². The molecule has 1 fully saturated rings. The summed E-state index contributed by atoms with van der Waals surface area (Å²) in [5.41, 5.74) is 1.06. The van der Waals surface area contributed by atoms with Gasteiger partial charge in [0.15, 0.2) is 0 Å². The minimum absolute atomic E-state index is 0.0642. The number of hydrogen-bond acceptors (Lipinski definition) is 4. The van der Waals surface area contributed by atoms with Gasteiger partial charge < -0.3 is 20.1 Å². The normalized spacial score (nSPS) is 17.8. The summed E-state index contributed by atoms with van der Waals surface area (Å²) in [6, 6.07) is 6.28. The lowest BCUT2D eigenvalue weighted by molar-refractivity contribution is 0.0601. The molecule has 1 aromatic rings. The summed E-state index contributed by atoms with van der Waals surface area (Å²) in [4.78, 5) is 22.9. The molecule has 2 N–H and O–H groups in total. The molecule has 2 amide bonds. The van der Waals surface area contributed by atoms with Crippen LogP contribution in [0.1, 0.15) is 16.8 Å². The van der Waals surface area contributed by atoms with Crippen molar-refractivity contribution in [1.29, 1.82) is 0 Å². The van der Waals surface area contributed by atoms with Crippen molar-refractivity contribution in [2.45, 2.75) is 12.5 Å². The lowest BCUT2D eigenvalue weighted by atomic mass is 10.2. The fourth-order valence-corrected chi connectivity index (χ4v) is 1.81. The number of ether oxygens (including phenoxy) is 2. The Bertz CT molecular complexity index is 452. The zero-order valence-electron chi connectivity index (χ0n) is 10.6. The van der Waals surface area contributed by atoms with Crippen LogP contribution in [0.5, 0.6) is 0 Å². The average Bonchev–Trinajstić information content (AvgIpc) is 2.91. The van der Waals surface area contributed by atoms with Gasteiger partial charge in [-0.1, -0.05) is 0 Å². The summed E-state index contributed by atoms with van der Waals surface area (Å²) >= 11 is 0. The molecule has 1 aromatic carbocycles. The number of anilines is 1. The maximum atomic E-state index is 11.7. The van der Waals surface area contributed by atoms with Gasteiger partial charge in [-0.25, -0.2) is 9.59 Å². The van der Waals surface area contributed by atoms with E-state index in [1.807, 2.05) is 0 Å². The lowest BCUT2D eigenvalue weighted by Crippen LogP contribution is -2.38. The Hall–Kier alpha value is -2.08. The molecule has 19 heavy (non-hydrogen) atoms. The van der Waals surface area contributed by atoms with Gasteiger partial charge in [-0.3, -0.25) is 0 Å². The first-order valence-electron chi connectivity index (χ1n) is 6.02. The Morgan fingerprint density at radius 2 is 2.05 bits per heavy atom.